The smallest absolute Gasteiger partial charge is 0.150 e. The van der Waals surface area contributed by atoms with Crippen LogP contribution in [0.2, 0.25) is 0 Å². The summed E-state index contributed by atoms with van der Waals surface area (Å²) in [5, 5.41) is 0. The lowest BCUT2D eigenvalue weighted by molar-refractivity contribution is 0.112. The van der Waals surface area contributed by atoms with Crippen LogP contribution in [0.15, 0.2) is 60.7 Å². The zero-order valence-corrected chi connectivity index (χ0v) is 13.1. The highest BCUT2D eigenvalue weighted by Crippen LogP contribution is 2.35. The number of benzene rings is 2. The Balaban J connectivity index is 1.91. The summed E-state index contributed by atoms with van der Waals surface area (Å²) >= 11 is 1.70. The molecule has 0 unspecified atom stereocenters. The Bertz CT molecular complexity index is 775. The van der Waals surface area contributed by atoms with Crippen molar-refractivity contribution in [2.45, 2.75) is 13.5 Å². The molecular formula is C19H16O2S. The number of aryl methyl sites for hydroxylation is 1. The van der Waals surface area contributed by atoms with Gasteiger partial charge in [-0.1, -0.05) is 30.3 Å². The Kier molecular flexibility index (Phi) is 4.35. The van der Waals surface area contributed by atoms with Gasteiger partial charge in [-0.2, -0.15) is 0 Å². The fourth-order valence-electron chi connectivity index (χ4n) is 2.25. The fourth-order valence-corrected chi connectivity index (χ4v) is 3.14. The topological polar surface area (TPSA) is 26.3 Å². The van der Waals surface area contributed by atoms with E-state index in [4.69, 9.17) is 4.74 Å². The van der Waals surface area contributed by atoms with Gasteiger partial charge in [-0.05, 0) is 42.8 Å². The van der Waals surface area contributed by atoms with Gasteiger partial charge < -0.3 is 4.74 Å². The van der Waals surface area contributed by atoms with Gasteiger partial charge in [0.1, 0.15) is 18.6 Å². The molecule has 110 valence electrons. The van der Waals surface area contributed by atoms with E-state index in [1.807, 2.05) is 42.5 Å². The molecule has 0 amide bonds. The predicted molar refractivity (Wildman–Crippen MR) is 90.7 cm³/mol. The normalized spacial score (nSPS) is 10.4. The van der Waals surface area contributed by atoms with E-state index in [1.54, 1.807) is 17.4 Å². The first-order valence-corrected chi connectivity index (χ1v) is 7.90. The van der Waals surface area contributed by atoms with E-state index in [1.165, 1.54) is 4.88 Å². The molecule has 2 aromatic carbocycles. The van der Waals surface area contributed by atoms with Crippen LogP contribution in [0.5, 0.6) is 5.75 Å². The third kappa shape index (κ3) is 3.26. The molecule has 0 fully saturated rings. The van der Waals surface area contributed by atoms with Crippen LogP contribution in [0.4, 0.5) is 0 Å². The molecule has 0 aliphatic carbocycles. The van der Waals surface area contributed by atoms with E-state index < -0.39 is 0 Å². The van der Waals surface area contributed by atoms with Crippen LogP contribution in [0.3, 0.4) is 0 Å². The Labute approximate surface area is 134 Å². The lowest BCUT2D eigenvalue weighted by Gasteiger charge is -2.11. The molecule has 2 nitrogen and oxygen atoms in total. The summed E-state index contributed by atoms with van der Waals surface area (Å²) in [4.78, 5) is 13.4. The van der Waals surface area contributed by atoms with Crippen molar-refractivity contribution in [2.75, 3.05) is 0 Å². The molecule has 3 rings (SSSR count). The summed E-state index contributed by atoms with van der Waals surface area (Å²) in [7, 11) is 0. The van der Waals surface area contributed by atoms with Crippen LogP contribution < -0.4 is 4.74 Å². The van der Waals surface area contributed by atoms with Gasteiger partial charge in [0, 0.05) is 20.9 Å². The molecule has 3 heteroatoms. The van der Waals surface area contributed by atoms with Gasteiger partial charge in [0.05, 0.1) is 0 Å². The minimum Gasteiger partial charge on any atom is -0.488 e. The SMILES string of the molecule is Cc1ccc(-c2cc(C=O)ccc2OCc2ccccc2)s1. The van der Waals surface area contributed by atoms with Crippen molar-refractivity contribution in [3.05, 3.63) is 76.7 Å². The largest absolute Gasteiger partial charge is 0.488 e. The summed E-state index contributed by atoms with van der Waals surface area (Å²) < 4.78 is 5.98. The first-order chi connectivity index (χ1) is 10.8. The van der Waals surface area contributed by atoms with Gasteiger partial charge in [0.25, 0.3) is 0 Å². The summed E-state index contributed by atoms with van der Waals surface area (Å²) in [6.45, 7) is 2.58. The summed E-state index contributed by atoms with van der Waals surface area (Å²) in [6, 6.07) is 19.8. The monoisotopic (exact) mass is 308 g/mol. The first-order valence-electron chi connectivity index (χ1n) is 7.09. The number of ether oxygens (including phenoxy) is 1. The molecule has 0 atom stereocenters. The van der Waals surface area contributed by atoms with Crippen LogP contribution >= 0.6 is 11.3 Å². The molecule has 0 radical (unpaired) electrons. The van der Waals surface area contributed by atoms with Crippen LogP contribution in [0.25, 0.3) is 10.4 Å². The van der Waals surface area contributed by atoms with Gasteiger partial charge >= 0.3 is 0 Å². The van der Waals surface area contributed by atoms with E-state index in [9.17, 15) is 4.79 Å². The molecule has 0 spiro atoms. The zero-order valence-electron chi connectivity index (χ0n) is 12.3. The second kappa shape index (κ2) is 6.58. The van der Waals surface area contributed by atoms with Crippen LogP contribution in [0, 0.1) is 6.92 Å². The molecule has 0 N–H and O–H groups in total. The van der Waals surface area contributed by atoms with Crippen molar-refractivity contribution in [1.29, 1.82) is 0 Å². The maximum atomic E-state index is 11.0. The van der Waals surface area contributed by atoms with E-state index >= 15 is 0 Å². The number of carbonyl (C=O) groups is 1. The Morgan fingerprint density at radius 3 is 2.55 bits per heavy atom. The zero-order chi connectivity index (χ0) is 15.4. The van der Waals surface area contributed by atoms with E-state index in [-0.39, 0.29) is 0 Å². The van der Waals surface area contributed by atoms with E-state index in [0.29, 0.717) is 12.2 Å². The molecule has 0 aliphatic rings. The van der Waals surface area contributed by atoms with Gasteiger partial charge in [0.2, 0.25) is 0 Å². The lowest BCUT2D eigenvalue weighted by atomic mass is 10.1. The average molecular weight is 308 g/mol. The molecule has 1 heterocycles. The van der Waals surface area contributed by atoms with Crippen molar-refractivity contribution in [1.82, 2.24) is 0 Å². The van der Waals surface area contributed by atoms with Crippen molar-refractivity contribution in [3.63, 3.8) is 0 Å². The summed E-state index contributed by atoms with van der Waals surface area (Å²) in [6.07, 6.45) is 0.866. The van der Waals surface area contributed by atoms with Crippen LogP contribution in [0.1, 0.15) is 20.8 Å². The van der Waals surface area contributed by atoms with Gasteiger partial charge in [0.15, 0.2) is 0 Å². The molecule has 0 bridgehead atoms. The summed E-state index contributed by atoms with van der Waals surface area (Å²) in [5.41, 5.74) is 2.75. The maximum Gasteiger partial charge on any atom is 0.150 e. The third-order valence-electron chi connectivity index (χ3n) is 3.38. The first kappa shape index (κ1) is 14.5. The predicted octanol–water partition coefficient (Wildman–Crippen LogP) is 5.12. The molecule has 0 aliphatic heterocycles. The van der Waals surface area contributed by atoms with Crippen molar-refractivity contribution in [2.24, 2.45) is 0 Å². The number of rotatable bonds is 5. The highest BCUT2D eigenvalue weighted by atomic mass is 32.1. The third-order valence-corrected chi connectivity index (χ3v) is 4.42. The second-order valence-electron chi connectivity index (χ2n) is 5.06. The number of hydrogen-bond donors (Lipinski definition) is 0. The van der Waals surface area contributed by atoms with Gasteiger partial charge in [-0.25, -0.2) is 0 Å². The fraction of sp³-hybridized carbons (Fsp3) is 0.105. The van der Waals surface area contributed by atoms with Crippen molar-refractivity contribution >= 4 is 17.6 Å². The average Bonchev–Trinajstić information content (AvgIpc) is 3.00. The van der Waals surface area contributed by atoms with E-state index in [0.717, 1.165) is 28.0 Å². The Morgan fingerprint density at radius 2 is 1.86 bits per heavy atom. The number of thiophene rings is 1. The molecule has 1 aromatic heterocycles. The van der Waals surface area contributed by atoms with Crippen molar-refractivity contribution < 1.29 is 9.53 Å². The highest BCUT2D eigenvalue weighted by molar-refractivity contribution is 7.15. The molecule has 0 saturated heterocycles. The standard InChI is InChI=1S/C19H16O2S/c1-14-7-10-19(22-14)17-11-16(12-20)8-9-18(17)21-13-15-5-3-2-4-6-15/h2-12H,13H2,1H3. The van der Waals surface area contributed by atoms with Crippen molar-refractivity contribution in [3.8, 4) is 16.2 Å². The lowest BCUT2D eigenvalue weighted by Crippen LogP contribution is -1.97. The maximum absolute atomic E-state index is 11.0. The van der Waals surface area contributed by atoms with Crippen LogP contribution in [-0.2, 0) is 6.61 Å². The Morgan fingerprint density at radius 1 is 1.05 bits per heavy atom. The number of hydrogen-bond acceptors (Lipinski definition) is 3. The highest BCUT2D eigenvalue weighted by Gasteiger charge is 2.10. The van der Waals surface area contributed by atoms with E-state index in [2.05, 4.69) is 19.1 Å². The van der Waals surface area contributed by atoms with Crippen LogP contribution in [-0.4, -0.2) is 6.29 Å². The minimum absolute atomic E-state index is 0.513. The second-order valence-corrected chi connectivity index (χ2v) is 6.35. The quantitative estimate of drug-likeness (QED) is 0.612. The molecule has 3 aromatic rings. The molecule has 22 heavy (non-hydrogen) atoms. The molecular weight excluding hydrogens is 292 g/mol. The van der Waals surface area contributed by atoms with Gasteiger partial charge in [-0.15, -0.1) is 11.3 Å². The number of aldehydes is 1. The number of carbonyl (C=O) groups excluding carboxylic acids is 1. The minimum atomic E-state index is 0.513. The summed E-state index contributed by atoms with van der Waals surface area (Å²) in [5.74, 6) is 0.802. The Hall–Kier alpha value is -2.39. The molecule has 0 saturated carbocycles. The van der Waals surface area contributed by atoms with Gasteiger partial charge in [-0.3, -0.25) is 4.79 Å².